The highest BCUT2D eigenvalue weighted by Gasteiger charge is 2.37. The van der Waals surface area contributed by atoms with Gasteiger partial charge in [0, 0.05) is 18.2 Å². The first kappa shape index (κ1) is 48.4. The highest BCUT2D eigenvalue weighted by molar-refractivity contribution is 5.99. The van der Waals surface area contributed by atoms with E-state index in [1.54, 1.807) is 0 Å². The van der Waals surface area contributed by atoms with E-state index >= 15 is 0 Å². The van der Waals surface area contributed by atoms with E-state index in [4.69, 9.17) is 4.74 Å². The normalized spacial score (nSPS) is 14.3. The zero-order valence-electron chi connectivity index (χ0n) is 37.0. The van der Waals surface area contributed by atoms with E-state index in [0.29, 0.717) is 18.9 Å². The quantitative estimate of drug-likeness (QED) is 0.0590. The van der Waals surface area contributed by atoms with Crippen LogP contribution in [0.25, 0.3) is 10.8 Å². The molecule has 3 rings (SSSR count). The second-order valence-electron chi connectivity index (χ2n) is 17.3. The van der Waals surface area contributed by atoms with Crippen LogP contribution in [0.3, 0.4) is 0 Å². The predicted molar refractivity (Wildman–Crippen MR) is 241 cm³/mol. The number of carbonyl (C=O) groups is 3. The lowest BCUT2D eigenvalue weighted by atomic mass is 9.87. The molecule has 2 aromatic carbocycles. The van der Waals surface area contributed by atoms with Crippen LogP contribution in [0.5, 0.6) is 0 Å². The van der Waals surface area contributed by atoms with Gasteiger partial charge < -0.3 is 19.9 Å². The Kier molecular flexibility index (Phi) is 25.6. The van der Waals surface area contributed by atoms with Gasteiger partial charge >= 0.3 is 5.97 Å². The smallest absolute Gasteiger partial charge is 0.306 e. The molecular weight excluding hydrogens is 707 g/mol. The van der Waals surface area contributed by atoms with E-state index in [2.05, 4.69) is 56.2 Å². The molecule has 1 fully saturated rings. The standard InChI is InChI=1S/C50H83N3O4/c1-5-8-11-14-17-18-21-26-39-57-49(55)34-33-48(54)53(46(29-22-19-15-12-9-6-2)30-23-20-16-13-10-7-3)47(40-42-35-37-52(4)38-36-42)50(56)51-45-32-31-43-27-24-25-28-44(43)41-45/h24-25,27-28,31-32,41-42,46-47H,5-23,26,29-30,33-40H2,1-4H3,(H,51,56). The third-order valence-corrected chi connectivity index (χ3v) is 12.3. The number of carbonyl (C=O) groups excluding carboxylic acids is 3. The molecule has 0 saturated carbocycles. The molecule has 1 unspecified atom stereocenters. The molecule has 1 aliphatic heterocycles. The maximum absolute atomic E-state index is 14.8. The Balaban J connectivity index is 1.83. The van der Waals surface area contributed by atoms with E-state index in [0.717, 1.165) is 93.8 Å². The van der Waals surface area contributed by atoms with Crippen LogP contribution >= 0.6 is 0 Å². The number of nitrogens with zero attached hydrogens (tertiary/aromatic N) is 2. The summed E-state index contributed by atoms with van der Waals surface area (Å²) >= 11 is 0. The van der Waals surface area contributed by atoms with E-state index in [-0.39, 0.29) is 36.7 Å². The number of nitrogens with one attached hydrogen (secondary N) is 1. The first-order valence-electron chi connectivity index (χ1n) is 23.8. The summed E-state index contributed by atoms with van der Waals surface area (Å²) in [7, 11) is 2.17. The topological polar surface area (TPSA) is 79.0 Å². The number of piperidine rings is 1. The van der Waals surface area contributed by atoms with Crippen LogP contribution in [0.4, 0.5) is 5.69 Å². The summed E-state index contributed by atoms with van der Waals surface area (Å²) in [6.07, 6.45) is 28.3. The highest BCUT2D eigenvalue weighted by atomic mass is 16.5. The number of fused-ring (bicyclic) bond motifs is 1. The molecule has 1 N–H and O–H groups in total. The maximum Gasteiger partial charge on any atom is 0.306 e. The maximum atomic E-state index is 14.8. The second kappa shape index (κ2) is 30.2. The van der Waals surface area contributed by atoms with E-state index in [1.807, 2.05) is 29.2 Å². The molecule has 2 aromatic rings. The summed E-state index contributed by atoms with van der Waals surface area (Å²) in [4.78, 5) is 46.9. The minimum Gasteiger partial charge on any atom is -0.466 e. The third kappa shape index (κ3) is 20.1. The largest absolute Gasteiger partial charge is 0.466 e. The summed E-state index contributed by atoms with van der Waals surface area (Å²) in [6, 6.07) is 13.6. The minimum absolute atomic E-state index is 0.0400. The van der Waals surface area contributed by atoms with Crippen LogP contribution in [0.2, 0.25) is 0 Å². The van der Waals surface area contributed by atoms with Gasteiger partial charge in [0.1, 0.15) is 6.04 Å². The van der Waals surface area contributed by atoms with Crippen molar-refractivity contribution in [1.82, 2.24) is 9.80 Å². The molecule has 1 atom stereocenters. The highest BCUT2D eigenvalue weighted by Crippen LogP contribution is 2.30. The number of benzene rings is 2. The summed E-state index contributed by atoms with van der Waals surface area (Å²) in [5.41, 5.74) is 0.757. The van der Waals surface area contributed by atoms with Crippen molar-refractivity contribution in [1.29, 1.82) is 0 Å². The van der Waals surface area contributed by atoms with Gasteiger partial charge in [-0.2, -0.15) is 0 Å². The zero-order chi connectivity index (χ0) is 40.9. The summed E-state index contributed by atoms with van der Waals surface area (Å²) in [5.74, 6) is -0.135. The molecular formula is C50H83N3O4. The molecule has 1 aliphatic rings. The summed E-state index contributed by atoms with van der Waals surface area (Å²) in [6.45, 7) is 9.16. The molecule has 0 aliphatic carbocycles. The molecule has 1 heterocycles. The Labute approximate surface area is 348 Å². The Hall–Kier alpha value is -2.93. The lowest BCUT2D eigenvalue weighted by Crippen LogP contribution is -2.53. The van der Waals surface area contributed by atoms with Crippen molar-refractivity contribution < 1.29 is 19.1 Å². The Morgan fingerprint density at radius 1 is 0.684 bits per heavy atom. The third-order valence-electron chi connectivity index (χ3n) is 12.3. The molecule has 2 amide bonds. The SMILES string of the molecule is CCCCCCCCCCOC(=O)CCC(=O)N(C(CCCCCCCC)CCCCCCCC)C(CC1CCN(C)CC1)C(=O)Nc1ccc2ccccc2c1. The van der Waals surface area contributed by atoms with Crippen molar-refractivity contribution in [2.45, 2.75) is 206 Å². The number of unbranched alkanes of at least 4 members (excludes halogenated alkanes) is 17. The molecule has 7 heteroatoms. The van der Waals surface area contributed by atoms with Gasteiger partial charge in [-0.15, -0.1) is 0 Å². The number of rotatable bonds is 32. The van der Waals surface area contributed by atoms with Crippen LogP contribution in [-0.2, 0) is 19.1 Å². The Bertz CT molecular complexity index is 1360. The number of anilines is 1. The average molecular weight is 790 g/mol. The molecule has 0 radical (unpaired) electrons. The van der Waals surface area contributed by atoms with E-state index in [1.165, 1.54) is 89.9 Å². The van der Waals surface area contributed by atoms with Crippen molar-refractivity contribution in [3.63, 3.8) is 0 Å². The Morgan fingerprint density at radius 2 is 1.21 bits per heavy atom. The van der Waals surface area contributed by atoms with Crippen LogP contribution in [0, 0.1) is 5.92 Å². The van der Waals surface area contributed by atoms with Crippen molar-refractivity contribution in [3.05, 3.63) is 42.5 Å². The van der Waals surface area contributed by atoms with Gasteiger partial charge in [0.25, 0.3) is 0 Å². The number of amides is 2. The number of ether oxygens (including phenoxy) is 1. The van der Waals surface area contributed by atoms with Crippen molar-refractivity contribution in [2.24, 2.45) is 5.92 Å². The fourth-order valence-corrected chi connectivity index (χ4v) is 8.66. The summed E-state index contributed by atoms with van der Waals surface area (Å²) in [5, 5.41) is 5.49. The number of esters is 1. The number of hydrogen-bond acceptors (Lipinski definition) is 5. The fraction of sp³-hybridized carbons (Fsp3) is 0.740. The molecule has 57 heavy (non-hydrogen) atoms. The second-order valence-corrected chi connectivity index (χ2v) is 17.3. The molecule has 7 nitrogen and oxygen atoms in total. The van der Waals surface area contributed by atoms with Crippen molar-refractivity contribution in [2.75, 3.05) is 32.1 Å². The molecule has 0 aromatic heterocycles. The van der Waals surface area contributed by atoms with Crippen LogP contribution in [-0.4, -0.2) is 66.4 Å². The van der Waals surface area contributed by atoms with Crippen LogP contribution < -0.4 is 5.32 Å². The van der Waals surface area contributed by atoms with Crippen molar-refractivity contribution in [3.8, 4) is 0 Å². The van der Waals surface area contributed by atoms with Gasteiger partial charge in [0.05, 0.1) is 13.0 Å². The minimum atomic E-state index is -0.601. The van der Waals surface area contributed by atoms with Gasteiger partial charge in [-0.05, 0) is 87.5 Å². The first-order valence-corrected chi connectivity index (χ1v) is 23.8. The first-order chi connectivity index (χ1) is 27.9. The number of likely N-dealkylation sites (tertiary alicyclic amines) is 1. The van der Waals surface area contributed by atoms with E-state index in [9.17, 15) is 14.4 Å². The summed E-state index contributed by atoms with van der Waals surface area (Å²) < 4.78 is 5.66. The van der Waals surface area contributed by atoms with Crippen LogP contribution in [0.15, 0.2) is 42.5 Å². The monoisotopic (exact) mass is 790 g/mol. The molecule has 322 valence electrons. The van der Waals surface area contributed by atoms with Gasteiger partial charge in [-0.25, -0.2) is 0 Å². The van der Waals surface area contributed by atoms with Gasteiger partial charge in [0.2, 0.25) is 11.8 Å². The zero-order valence-corrected chi connectivity index (χ0v) is 37.0. The molecule has 1 saturated heterocycles. The molecule has 0 spiro atoms. The van der Waals surface area contributed by atoms with Crippen LogP contribution in [0.1, 0.15) is 194 Å². The number of hydrogen-bond donors (Lipinski definition) is 1. The molecule has 0 bridgehead atoms. The fourth-order valence-electron chi connectivity index (χ4n) is 8.66. The van der Waals surface area contributed by atoms with Gasteiger partial charge in [-0.1, -0.05) is 173 Å². The van der Waals surface area contributed by atoms with Crippen molar-refractivity contribution >= 4 is 34.2 Å². The predicted octanol–water partition coefficient (Wildman–Crippen LogP) is 13.0. The lowest BCUT2D eigenvalue weighted by Gasteiger charge is -2.40. The van der Waals surface area contributed by atoms with Gasteiger partial charge in [0.15, 0.2) is 0 Å². The lowest BCUT2D eigenvalue weighted by molar-refractivity contribution is -0.148. The van der Waals surface area contributed by atoms with E-state index < -0.39 is 6.04 Å². The Morgan fingerprint density at radius 3 is 1.79 bits per heavy atom. The van der Waals surface area contributed by atoms with Gasteiger partial charge in [-0.3, -0.25) is 14.4 Å². The average Bonchev–Trinajstić information content (AvgIpc) is 3.22.